The highest BCUT2D eigenvalue weighted by atomic mass is 32.2. The molecular formula is C4H12O5S. The Kier molecular flexibility index (Phi) is 14.5. The van der Waals surface area contributed by atoms with Crippen LogP contribution in [0.25, 0.3) is 0 Å². The van der Waals surface area contributed by atoms with Gasteiger partial charge in [0.05, 0.1) is 13.2 Å². The van der Waals surface area contributed by atoms with Crippen molar-refractivity contribution in [2.45, 2.75) is 0 Å². The maximum atomic E-state index is 8.59. The molecule has 0 bridgehead atoms. The molecule has 0 aliphatic heterocycles. The van der Waals surface area contributed by atoms with Crippen LogP contribution < -0.4 is 0 Å². The topological polar surface area (TPSA) is 72.8 Å². The molecule has 10 heavy (non-hydrogen) atoms. The van der Waals surface area contributed by atoms with Gasteiger partial charge in [0.2, 0.25) is 0 Å². The summed E-state index contributed by atoms with van der Waals surface area (Å²) in [6.45, 7) is 1.38. The number of hydrogen-bond donors (Lipinski definition) is 2. The first kappa shape index (κ1) is 12.5. The van der Waals surface area contributed by atoms with E-state index < -0.39 is 11.0 Å². The van der Waals surface area contributed by atoms with E-state index in [0.717, 1.165) is 0 Å². The van der Waals surface area contributed by atoms with E-state index in [2.05, 4.69) is 9.47 Å². The van der Waals surface area contributed by atoms with Gasteiger partial charge in [0.1, 0.15) is 0 Å². The first-order chi connectivity index (χ1) is 4.65. The first-order valence-corrected chi connectivity index (χ1v) is 3.59. The Morgan fingerprint density at radius 1 is 1.20 bits per heavy atom. The summed E-state index contributed by atoms with van der Waals surface area (Å²) < 4.78 is 33.5. The Hall–Kier alpha value is -0.170. The number of hydrogen-bond acceptors (Lipinski definition) is 4. The van der Waals surface area contributed by atoms with Crippen LogP contribution in [0.5, 0.6) is 0 Å². The molecule has 0 rings (SSSR count). The molecule has 0 aliphatic carbocycles. The molecule has 0 spiro atoms. The van der Waals surface area contributed by atoms with Gasteiger partial charge >= 0.3 is 0 Å². The van der Waals surface area contributed by atoms with Crippen molar-refractivity contribution in [2.24, 2.45) is 0 Å². The van der Waals surface area contributed by atoms with E-state index >= 15 is 0 Å². The summed E-state index contributed by atoms with van der Waals surface area (Å²) in [5.74, 6) is 0. The zero-order valence-electron chi connectivity index (χ0n) is 5.94. The molecule has 0 saturated carbocycles. The molecule has 0 aromatic heterocycles. The highest BCUT2D eigenvalue weighted by molar-refractivity contribution is 7.66. The molecular weight excluding hydrogens is 160 g/mol. The van der Waals surface area contributed by atoms with Crippen molar-refractivity contribution in [3.8, 4) is 0 Å². The highest BCUT2D eigenvalue weighted by Gasteiger charge is 1.73. The van der Waals surface area contributed by atoms with E-state index in [0.29, 0.717) is 13.2 Å². The van der Waals surface area contributed by atoms with Gasteiger partial charge in [-0.05, 0) is 0 Å². The summed E-state index contributed by atoms with van der Waals surface area (Å²) in [5, 5.41) is 0. The largest absolute Gasteiger partial charge is 0.382 e. The molecule has 0 unspecified atom stereocenters. The average molecular weight is 172 g/mol. The van der Waals surface area contributed by atoms with E-state index in [1.54, 1.807) is 14.2 Å². The lowest BCUT2D eigenvalue weighted by Crippen LogP contribution is -1.96. The molecule has 6 heteroatoms. The predicted molar refractivity (Wildman–Crippen MR) is 36.7 cm³/mol. The summed E-state index contributed by atoms with van der Waals surface area (Å²) in [6, 6.07) is 0. The van der Waals surface area contributed by atoms with Gasteiger partial charge in [0.25, 0.3) is 11.0 Å². The molecule has 64 valence electrons. The second kappa shape index (κ2) is 11.6. The summed E-state index contributed by atoms with van der Waals surface area (Å²) in [5.41, 5.74) is 0. The number of methoxy groups -OCH3 is 2. The van der Waals surface area contributed by atoms with E-state index in [1.165, 1.54) is 0 Å². The minimum absolute atomic E-state index is 0.691. The summed E-state index contributed by atoms with van der Waals surface area (Å²) >= 11 is 0. The lowest BCUT2D eigenvalue weighted by Gasteiger charge is -1.91. The third kappa shape index (κ3) is 45.6. The average Bonchev–Trinajstić information content (AvgIpc) is 1.82. The number of rotatable bonds is 3. The third-order valence-corrected chi connectivity index (χ3v) is 0.492. The van der Waals surface area contributed by atoms with Gasteiger partial charge in [0, 0.05) is 14.2 Å². The van der Waals surface area contributed by atoms with Crippen molar-refractivity contribution in [1.82, 2.24) is 0 Å². The van der Waals surface area contributed by atoms with Gasteiger partial charge in [-0.1, -0.05) is 0 Å². The van der Waals surface area contributed by atoms with E-state index in [9.17, 15) is 0 Å². The zero-order chi connectivity index (χ0) is 8.41. The van der Waals surface area contributed by atoms with Crippen molar-refractivity contribution in [3.05, 3.63) is 0 Å². The van der Waals surface area contributed by atoms with Crippen LogP contribution in [0.15, 0.2) is 0 Å². The van der Waals surface area contributed by atoms with Crippen molar-refractivity contribution in [1.29, 1.82) is 0 Å². The molecule has 0 aromatic rings. The molecule has 1 N–H and O–H groups in total. The molecule has 0 aromatic carbocycles. The first-order valence-electron chi connectivity index (χ1n) is 2.46. The van der Waals surface area contributed by atoms with Gasteiger partial charge in [-0.15, -0.1) is 0 Å². The fourth-order valence-electron chi connectivity index (χ4n) is 0.167. The molecule has 0 amide bonds. The smallest absolute Gasteiger partial charge is 0.254 e. The van der Waals surface area contributed by atoms with Gasteiger partial charge < -0.3 is 9.47 Å². The normalized spacial score (nSPS) is 8.80. The van der Waals surface area contributed by atoms with Crippen LogP contribution in [-0.2, 0) is 20.5 Å². The maximum Gasteiger partial charge on any atom is 0.254 e. The molecule has 0 aliphatic rings. The fraction of sp³-hybridized carbons (Fsp3) is 1.00. The van der Waals surface area contributed by atoms with Crippen molar-refractivity contribution in [3.63, 3.8) is 0 Å². The molecule has 0 atom stereocenters. The summed E-state index contributed by atoms with van der Waals surface area (Å²) in [6.07, 6.45) is 0. The Balaban J connectivity index is 0. The van der Waals surface area contributed by atoms with Crippen LogP contribution in [0.4, 0.5) is 0 Å². The Bertz CT molecular complexity index is 98.2. The van der Waals surface area contributed by atoms with Crippen molar-refractivity contribution in [2.75, 3.05) is 27.4 Å². The summed E-state index contributed by atoms with van der Waals surface area (Å²) in [7, 11) is 0.183. The van der Waals surface area contributed by atoms with Crippen LogP contribution in [0.2, 0.25) is 0 Å². The molecule has 5 nitrogen and oxygen atoms in total. The van der Waals surface area contributed by atoms with Crippen LogP contribution in [0, 0.1) is 0 Å². The monoisotopic (exact) mass is 172 g/mol. The maximum absolute atomic E-state index is 8.59. The quantitative estimate of drug-likeness (QED) is 0.336. The van der Waals surface area contributed by atoms with E-state index in [-0.39, 0.29) is 0 Å². The standard InChI is InChI=1S/C4H10O2.H2O3S/c1-5-3-4-6-2;1-4(2)3/h3-4H2,1-2H3;4H,(H,1,2,3). The molecule has 0 fully saturated rings. The minimum atomic E-state index is -3.12. The predicted octanol–water partition coefficient (Wildman–Crippen LogP) is -0.650. The van der Waals surface area contributed by atoms with E-state index in [1.807, 2.05) is 0 Å². The lowest BCUT2D eigenvalue weighted by molar-refractivity contribution is 0.103. The van der Waals surface area contributed by atoms with Gasteiger partial charge in [-0.25, -0.2) is 8.42 Å². The Morgan fingerprint density at radius 3 is 1.50 bits per heavy atom. The highest BCUT2D eigenvalue weighted by Crippen LogP contribution is 1.65. The molecule has 0 saturated heterocycles. The van der Waals surface area contributed by atoms with E-state index in [4.69, 9.17) is 13.0 Å². The van der Waals surface area contributed by atoms with Crippen LogP contribution in [0.3, 0.4) is 0 Å². The fourth-order valence-corrected chi connectivity index (χ4v) is 0.167. The number of ether oxygens (including phenoxy) is 2. The Morgan fingerprint density at radius 2 is 1.40 bits per heavy atom. The second-order valence-corrected chi connectivity index (χ2v) is 1.70. The SMILES string of the molecule is COCCOC.O=[SH](=O)O. The van der Waals surface area contributed by atoms with Gasteiger partial charge in [-0.2, -0.15) is 0 Å². The van der Waals surface area contributed by atoms with Gasteiger partial charge in [-0.3, -0.25) is 4.55 Å². The summed E-state index contributed by atoms with van der Waals surface area (Å²) in [4.78, 5) is 0. The third-order valence-electron chi connectivity index (χ3n) is 0.492. The lowest BCUT2D eigenvalue weighted by atomic mass is 10.8. The zero-order valence-corrected chi connectivity index (χ0v) is 6.84. The Labute approximate surface area is 61.7 Å². The van der Waals surface area contributed by atoms with Crippen molar-refractivity contribution < 1.29 is 22.4 Å². The number of thiol groups is 1. The van der Waals surface area contributed by atoms with Crippen LogP contribution in [0.1, 0.15) is 0 Å². The van der Waals surface area contributed by atoms with Crippen LogP contribution in [-0.4, -0.2) is 40.4 Å². The van der Waals surface area contributed by atoms with Crippen LogP contribution >= 0.6 is 0 Å². The van der Waals surface area contributed by atoms with Crippen molar-refractivity contribution >= 4 is 11.0 Å². The molecule has 0 heterocycles. The molecule has 0 radical (unpaired) electrons. The second-order valence-electron chi connectivity index (χ2n) is 1.22. The van der Waals surface area contributed by atoms with Gasteiger partial charge in [0.15, 0.2) is 0 Å². The minimum Gasteiger partial charge on any atom is -0.382 e.